The molecular weight excluding hydrogens is 711 g/mol. The van der Waals surface area contributed by atoms with E-state index in [0.717, 1.165) is 36.2 Å². The van der Waals surface area contributed by atoms with Crippen LogP contribution in [0.3, 0.4) is 0 Å². The average molecular weight is 735 g/mol. The normalized spacial score (nSPS) is 12.7. The summed E-state index contributed by atoms with van der Waals surface area (Å²) >= 11 is 0. The maximum atomic E-state index is 13.5. The maximum Gasteiger partial charge on any atom is 0.419 e. The highest BCUT2D eigenvalue weighted by Gasteiger charge is 2.38. The number of carbonyl (C=O) groups is 1. The van der Waals surface area contributed by atoms with Crippen molar-refractivity contribution in [2.45, 2.75) is 29.8 Å². The van der Waals surface area contributed by atoms with Gasteiger partial charge in [-0.15, -0.1) is 5.10 Å². The van der Waals surface area contributed by atoms with Crippen molar-refractivity contribution < 1.29 is 53.1 Å². The van der Waals surface area contributed by atoms with Gasteiger partial charge in [0.25, 0.3) is 25.2 Å². The van der Waals surface area contributed by atoms with Gasteiger partial charge in [-0.2, -0.15) is 45.0 Å². The topological polar surface area (TPSA) is 221 Å². The third kappa shape index (κ3) is 8.83. The number of urea groups is 1. The van der Waals surface area contributed by atoms with Crippen molar-refractivity contribution in [3.63, 3.8) is 0 Å². The van der Waals surface area contributed by atoms with E-state index in [9.17, 15) is 43.6 Å². The van der Waals surface area contributed by atoms with Gasteiger partial charge in [-0.05, 0) is 37.3 Å². The van der Waals surface area contributed by atoms with Crippen LogP contribution in [0.25, 0.3) is 0 Å². The van der Waals surface area contributed by atoms with Crippen molar-refractivity contribution in [1.29, 1.82) is 0 Å². The highest BCUT2D eigenvalue weighted by atomic mass is 32.2. The second-order valence-electron chi connectivity index (χ2n) is 9.30. The molecule has 1 aliphatic rings. The molecule has 0 radical (unpaired) electrons. The summed E-state index contributed by atoms with van der Waals surface area (Å²) < 4.78 is 129. The molecule has 0 unspecified atom stereocenters. The van der Waals surface area contributed by atoms with Gasteiger partial charge in [0, 0.05) is 11.9 Å². The van der Waals surface area contributed by atoms with Crippen molar-refractivity contribution in [3.05, 3.63) is 71.6 Å². The van der Waals surface area contributed by atoms with Crippen LogP contribution in [0.15, 0.2) is 64.6 Å². The van der Waals surface area contributed by atoms with E-state index < -0.39 is 71.3 Å². The molecule has 4 aromatic rings. The van der Waals surface area contributed by atoms with Crippen LogP contribution in [0, 0.1) is 11.6 Å². The predicted molar refractivity (Wildman–Crippen MR) is 158 cm³/mol. The zero-order valence-electron chi connectivity index (χ0n) is 25.1. The van der Waals surface area contributed by atoms with Gasteiger partial charge in [-0.25, -0.2) is 28.0 Å². The van der Waals surface area contributed by atoms with Crippen LogP contribution in [-0.2, 0) is 32.8 Å². The zero-order chi connectivity index (χ0) is 36.1. The molecule has 5 rings (SSSR count). The van der Waals surface area contributed by atoms with Gasteiger partial charge >= 0.3 is 12.2 Å². The summed E-state index contributed by atoms with van der Waals surface area (Å²) in [4.78, 5) is 26.4. The number of ether oxygens (including phenoxy) is 2. The largest absolute Gasteiger partial charge is 0.481 e. The van der Waals surface area contributed by atoms with Crippen molar-refractivity contribution in [1.82, 2.24) is 34.4 Å². The number of nitrogens with zero attached hydrogens (tertiary/aromatic N) is 6. The number of aromatic nitrogens is 6. The molecule has 1 aromatic carbocycles. The Balaban J connectivity index is 0.000000225. The van der Waals surface area contributed by atoms with Crippen LogP contribution in [0.4, 0.5) is 44.3 Å². The minimum atomic E-state index is -4.99. The van der Waals surface area contributed by atoms with Crippen LogP contribution in [0.1, 0.15) is 12.5 Å². The Hall–Kier alpha value is -5.65. The third-order valence-corrected chi connectivity index (χ3v) is 8.27. The first kappa shape index (κ1) is 36.2. The van der Waals surface area contributed by atoms with Gasteiger partial charge < -0.3 is 14.8 Å². The minimum absolute atomic E-state index is 0.0101. The number of sulfonamides is 2. The van der Waals surface area contributed by atoms with Crippen LogP contribution < -0.4 is 29.6 Å². The fourth-order valence-electron chi connectivity index (χ4n) is 3.67. The first-order valence-electron chi connectivity index (χ1n) is 13.1. The number of pyridine rings is 1. The molecule has 262 valence electrons. The highest BCUT2D eigenvalue weighted by molar-refractivity contribution is 7.92. The van der Waals surface area contributed by atoms with Crippen molar-refractivity contribution in [2.75, 3.05) is 29.6 Å². The molecule has 17 nitrogen and oxygen atoms in total. The minimum Gasteiger partial charge on any atom is -0.481 e. The smallest absolute Gasteiger partial charge is 0.419 e. The Bertz CT molecular complexity index is 2090. The molecular formula is C25H23F5N10O7S2. The molecule has 1 aliphatic heterocycles. The summed E-state index contributed by atoms with van der Waals surface area (Å²) in [5, 5.41) is 6.70. The lowest BCUT2D eigenvalue weighted by molar-refractivity contribution is -0.140. The van der Waals surface area contributed by atoms with Gasteiger partial charge in [0.05, 0.1) is 32.4 Å². The number of halogens is 5. The maximum absolute atomic E-state index is 13.5. The number of methoxy groups -OCH3 is 2. The summed E-state index contributed by atoms with van der Waals surface area (Å²) in [6.07, 6.45) is -2.35. The van der Waals surface area contributed by atoms with Crippen molar-refractivity contribution >= 4 is 43.7 Å². The fraction of sp³-hybridized carbons (Fsp3) is 0.200. The Labute approximate surface area is 273 Å². The number of benzene rings is 1. The number of hydrogen-bond acceptors (Lipinski definition) is 13. The second-order valence-corrected chi connectivity index (χ2v) is 12.5. The fourth-order valence-corrected chi connectivity index (χ4v) is 5.70. The number of rotatable bonds is 8. The second kappa shape index (κ2) is 14.2. The first-order chi connectivity index (χ1) is 22.9. The summed E-state index contributed by atoms with van der Waals surface area (Å²) in [6, 6.07) is 4.33. The van der Waals surface area contributed by atoms with Crippen LogP contribution >= 0.6 is 0 Å². The molecule has 0 saturated carbocycles. The number of alkyl halides is 3. The first-order valence-corrected chi connectivity index (χ1v) is 16.1. The van der Waals surface area contributed by atoms with E-state index in [-0.39, 0.29) is 17.7 Å². The molecule has 3 aromatic heterocycles. The van der Waals surface area contributed by atoms with E-state index >= 15 is 0 Å². The summed E-state index contributed by atoms with van der Waals surface area (Å²) in [7, 11) is -6.69. The Morgan fingerprint density at radius 1 is 0.959 bits per heavy atom. The van der Waals surface area contributed by atoms with Crippen LogP contribution in [0.2, 0.25) is 0 Å². The van der Waals surface area contributed by atoms with Crippen molar-refractivity contribution in [2.24, 2.45) is 0 Å². The molecule has 4 heterocycles. The molecule has 4 N–H and O–H groups in total. The number of carbonyl (C=O) groups excluding carboxylic acids is 1. The lowest BCUT2D eigenvalue weighted by Crippen LogP contribution is -2.36. The van der Waals surface area contributed by atoms with Crippen LogP contribution in [0.5, 0.6) is 11.8 Å². The van der Waals surface area contributed by atoms with Gasteiger partial charge in [0.1, 0.15) is 17.3 Å². The molecule has 0 aliphatic carbocycles. The molecule has 0 atom stereocenters. The molecule has 0 bridgehead atoms. The number of anilines is 3. The molecule has 2 amide bonds. The van der Waals surface area contributed by atoms with Gasteiger partial charge in [-0.3, -0.25) is 10.0 Å². The van der Waals surface area contributed by atoms with Gasteiger partial charge in [0.2, 0.25) is 23.7 Å². The predicted octanol–water partition coefficient (Wildman–Crippen LogP) is 3.10. The van der Waals surface area contributed by atoms with Crippen molar-refractivity contribution in [3.8, 4) is 11.8 Å². The van der Waals surface area contributed by atoms with E-state index in [1.807, 2.05) is 10.0 Å². The summed E-state index contributed by atoms with van der Waals surface area (Å²) in [5.74, 6) is -2.23. The Morgan fingerprint density at radius 3 is 2.18 bits per heavy atom. The van der Waals surface area contributed by atoms with Gasteiger partial charge in [-0.1, -0.05) is 6.07 Å². The highest BCUT2D eigenvalue weighted by Crippen LogP contribution is 2.33. The third-order valence-electron chi connectivity index (χ3n) is 5.85. The number of amides is 2. The summed E-state index contributed by atoms with van der Waals surface area (Å²) in [5.41, 5.74) is -1.49. The van der Waals surface area contributed by atoms with E-state index in [1.54, 1.807) is 13.0 Å². The zero-order valence-corrected chi connectivity index (χ0v) is 26.7. The lowest BCUT2D eigenvalue weighted by Gasteiger charge is -2.13. The van der Waals surface area contributed by atoms with E-state index in [4.69, 9.17) is 9.47 Å². The van der Waals surface area contributed by atoms with Crippen LogP contribution in [-0.4, -0.2) is 66.8 Å². The molecule has 24 heteroatoms. The molecule has 0 fully saturated rings. The lowest BCUT2D eigenvalue weighted by atomic mass is 10.3. The van der Waals surface area contributed by atoms with Gasteiger partial charge in [0.15, 0.2) is 5.03 Å². The standard InChI is InChI=1S/C13H12F3N5O5S.C12H11F2N5O2S/c1-25-8-6-9(26-2)19-11(18-8)20-12(22)21-27(23,24)10-7(13(14,15)16)4-3-5-17-10;1-7-5-6-19-11(15-7)16-12(17-19)22(20,21)18-10-8(13)3-2-4-9(10)14/h3-6H,1-2H3,(H2,18,19,20,21,22);2-5,18H,6H2,1H3,(H,15,16,17). The van der Waals surface area contributed by atoms with E-state index in [0.29, 0.717) is 12.6 Å². The number of fused-ring (bicyclic) bond motifs is 1. The number of allylic oxidation sites excluding steroid dienone is 2. The quantitative estimate of drug-likeness (QED) is 0.191. The van der Waals surface area contributed by atoms with E-state index in [2.05, 4.69) is 30.4 Å². The summed E-state index contributed by atoms with van der Waals surface area (Å²) in [6.45, 7) is 2.14. The number of hydrogen-bond donors (Lipinski definition) is 4. The molecule has 0 saturated heterocycles. The molecule has 0 spiro atoms. The van der Waals surface area contributed by atoms with E-state index in [1.165, 1.54) is 29.7 Å². The average Bonchev–Trinajstić information content (AvgIpc) is 3.47. The number of nitrogens with one attached hydrogen (secondary N) is 4. The number of para-hydroxylation sites is 1. The molecule has 49 heavy (non-hydrogen) atoms. The Morgan fingerprint density at radius 2 is 1.59 bits per heavy atom. The SMILES string of the molecule is CC1=CCn2nc(S(=O)(=O)Nc3c(F)cccc3F)nc2N1.COc1cc(OC)nc(NC(=O)NS(=O)(=O)c2ncccc2C(F)(F)F)n1. The monoisotopic (exact) mass is 734 g/mol. The Kier molecular flexibility index (Phi) is 10.5.